The third-order valence-electron chi connectivity index (χ3n) is 2.10. The van der Waals surface area contributed by atoms with Gasteiger partial charge in [0.25, 0.3) is 5.69 Å². The molecule has 2 heterocycles. The molecule has 0 bridgehead atoms. The van der Waals surface area contributed by atoms with E-state index in [1.165, 1.54) is 23.9 Å². The molecule has 2 aromatic heterocycles. The molecule has 8 heteroatoms. The smallest absolute Gasteiger partial charge is 0.275 e. The second kappa shape index (κ2) is 6.10. The largest absolute Gasteiger partial charge is 0.370 e. The van der Waals surface area contributed by atoms with E-state index in [2.05, 4.69) is 20.3 Å². The summed E-state index contributed by atoms with van der Waals surface area (Å²) in [6.07, 6.45) is 4.71. The van der Waals surface area contributed by atoms with Gasteiger partial charge in [-0.2, -0.15) is 0 Å². The van der Waals surface area contributed by atoms with Crippen molar-refractivity contribution in [3.05, 3.63) is 40.8 Å². The fraction of sp³-hybridized carbons (Fsp3) is 0.182. The first-order chi connectivity index (χ1) is 9.19. The van der Waals surface area contributed by atoms with Crippen molar-refractivity contribution in [3.63, 3.8) is 0 Å². The van der Waals surface area contributed by atoms with Gasteiger partial charge in [0.05, 0.1) is 17.2 Å². The van der Waals surface area contributed by atoms with Gasteiger partial charge in [-0.05, 0) is 18.7 Å². The topological polar surface area (TPSA) is 93.8 Å². The second-order valence-corrected chi connectivity index (χ2v) is 4.52. The molecule has 0 radical (unpaired) electrons. The summed E-state index contributed by atoms with van der Waals surface area (Å²) >= 11 is 1.23. The number of hydrogen-bond donors (Lipinski definition) is 1. The Balaban J connectivity index is 2.31. The molecule has 98 valence electrons. The molecule has 0 aliphatic rings. The minimum atomic E-state index is -0.441. The van der Waals surface area contributed by atoms with Gasteiger partial charge in [0.2, 0.25) is 0 Å². The third-order valence-corrected chi connectivity index (χ3v) is 2.94. The summed E-state index contributed by atoms with van der Waals surface area (Å²) in [6, 6.07) is 2.82. The van der Waals surface area contributed by atoms with Gasteiger partial charge in [0.1, 0.15) is 15.9 Å². The number of pyridine rings is 1. The minimum Gasteiger partial charge on any atom is -0.370 e. The molecule has 0 saturated heterocycles. The molecule has 0 saturated carbocycles. The van der Waals surface area contributed by atoms with Crippen molar-refractivity contribution in [2.45, 2.75) is 17.0 Å². The van der Waals surface area contributed by atoms with E-state index in [4.69, 9.17) is 0 Å². The average Bonchev–Trinajstić information content (AvgIpc) is 2.40. The molecule has 19 heavy (non-hydrogen) atoms. The summed E-state index contributed by atoms with van der Waals surface area (Å²) in [4.78, 5) is 22.7. The summed E-state index contributed by atoms with van der Waals surface area (Å²) in [6.45, 7) is 2.54. The second-order valence-electron chi connectivity index (χ2n) is 3.48. The lowest BCUT2D eigenvalue weighted by atomic mass is 10.4. The van der Waals surface area contributed by atoms with E-state index in [9.17, 15) is 10.1 Å². The maximum Gasteiger partial charge on any atom is 0.275 e. The number of aromatic nitrogens is 3. The first-order valence-electron chi connectivity index (χ1n) is 5.53. The van der Waals surface area contributed by atoms with Crippen LogP contribution in [0.15, 0.2) is 40.8 Å². The van der Waals surface area contributed by atoms with Gasteiger partial charge in [0, 0.05) is 25.0 Å². The lowest BCUT2D eigenvalue weighted by Crippen LogP contribution is -2.01. The molecule has 0 unspecified atom stereocenters. The standard InChI is InChI=1S/C11H11N5O2S/c1-2-13-9-5-8(16(17)18)6-10(15-9)19-11-7-12-3-4-14-11/h3-7H,2H2,1H3,(H,13,15). The Morgan fingerprint density at radius 2 is 2.21 bits per heavy atom. The van der Waals surface area contributed by atoms with Gasteiger partial charge in [-0.15, -0.1) is 0 Å². The van der Waals surface area contributed by atoms with E-state index in [-0.39, 0.29) is 5.69 Å². The van der Waals surface area contributed by atoms with Gasteiger partial charge >= 0.3 is 0 Å². The van der Waals surface area contributed by atoms with Crippen molar-refractivity contribution in [2.75, 3.05) is 11.9 Å². The predicted molar refractivity (Wildman–Crippen MR) is 71.2 cm³/mol. The monoisotopic (exact) mass is 277 g/mol. The molecular formula is C11H11N5O2S. The Labute approximate surface area is 113 Å². The fourth-order valence-corrected chi connectivity index (χ4v) is 2.13. The first kappa shape index (κ1) is 13.2. The molecule has 0 spiro atoms. The highest BCUT2D eigenvalue weighted by molar-refractivity contribution is 7.99. The average molecular weight is 277 g/mol. The highest BCUT2D eigenvalue weighted by Crippen LogP contribution is 2.28. The summed E-state index contributed by atoms with van der Waals surface area (Å²) < 4.78 is 0. The van der Waals surface area contributed by atoms with E-state index in [1.807, 2.05) is 6.92 Å². The van der Waals surface area contributed by atoms with Gasteiger partial charge in [-0.3, -0.25) is 15.1 Å². The Morgan fingerprint density at radius 3 is 2.84 bits per heavy atom. The Hall–Kier alpha value is -2.22. The molecule has 0 atom stereocenters. The van der Waals surface area contributed by atoms with Crippen LogP contribution in [0.3, 0.4) is 0 Å². The highest BCUT2D eigenvalue weighted by atomic mass is 32.2. The summed E-state index contributed by atoms with van der Waals surface area (Å²) in [5.41, 5.74) is -0.00246. The van der Waals surface area contributed by atoms with Gasteiger partial charge in [-0.25, -0.2) is 9.97 Å². The number of rotatable bonds is 5. The van der Waals surface area contributed by atoms with Crippen molar-refractivity contribution >= 4 is 23.3 Å². The van der Waals surface area contributed by atoms with Crippen LogP contribution < -0.4 is 5.32 Å². The van der Waals surface area contributed by atoms with Crippen molar-refractivity contribution in [1.82, 2.24) is 15.0 Å². The fourth-order valence-electron chi connectivity index (χ4n) is 1.37. The van der Waals surface area contributed by atoms with Gasteiger partial charge in [-0.1, -0.05) is 0 Å². The molecule has 0 amide bonds. The molecule has 0 fully saturated rings. The van der Waals surface area contributed by atoms with E-state index < -0.39 is 4.92 Å². The van der Waals surface area contributed by atoms with E-state index in [0.29, 0.717) is 22.4 Å². The lowest BCUT2D eigenvalue weighted by molar-refractivity contribution is -0.385. The Morgan fingerprint density at radius 1 is 1.37 bits per heavy atom. The predicted octanol–water partition coefficient (Wildman–Crippen LogP) is 2.36. The van der Waals surface area contributed by atoms with Crippen LogP contribution >= 0.6 is 11.8 Å². The van der Waals surface area contributed by atoms with Gasteiger partial charge < -0.3 is 5.32 Å². The van der Waals surface area contributed by atoms with Crippen LogP contribution in [0.25, 0.3) is 0 Å². The van der Waals surface area contributed by atoms with E-state index in [0.717, 1.165) is 0 Å². The SMILES string of the molecule is CCNc1cc([N+](=O)[O-])cc(Sc2cnccn2)n1. The zero-order chi connectivity index (χ0) is 13.7. The van der Waals surface area contributed by atoms with Crippen LogP contribution in [0.5, 0.6) is 0 Å². The number of anilines is 1. The van der Waals surface area contributed by atoms with Crippen LogP contribution in [0.2, 0.25) is 0 Å². The Kier molecular flexibility index (Phi) is 4.24. The third kappa shape index (κ3) is 3.62. The van der Waals surface area contributed by atoms with Crippen LogP contribution in [0.1, 0.15) is 6.92 Å². The molecule has 2 rings (SSSR count). The number of hydrogen-bond acceptors (Lipinski definition) is 7. The molecule has 7 nitrogen and oxygen atoms in total. The highest BCUT2D eigenvalue weighted by Gasteiger charge is 2.12. The summed E-state index contributed by atoms with van der Waals surface area (Å²) in [5, 5.41) is 15.0. The van der Waals surface area contributed by atoms with Crippen LogP contribution in [-0.4, -0.2) is 26.4 Å². The number of nitro groups is 1. The van der Waals surface area contributed by atoms with Crippen molar-refractivity contribution in [1.29, 1.82) is 0 Å². The molecule has 0 aliphatic heterocycles. The van der Waals surface area contributed by atoms with Crippen molar-refractivity contribution in [2.24, 2.45) is 0 Å². The first-order valence-corrected chi connectivity index (χ1v) is 6.35. The molecule has 0 aromatic carbocycles. The van der Waals surface area contributed by atoms with Crippen molar-refractivity contribution in [3.8, 4) is 0 Å². The molecule has 2 aromatic rings. The van der Waals surface area contributed by atoms with Crippen molar-refractivity contribution < 1.29 is 4.92 Å². The molecule has 1 N–H and O–H groups in total. The minimum absolute atomic E-state index is 0.00246. The van der Waals surface area contributed by atoms with Crippen LogP contribution in [0, 0.1) is 10.1 Å². The van der Waals surface area contributed by atoms with E-state index in [1.54, 1.807) is 18.6 Å². The van der Waals surface area contributed by atoms with Gasteiger partial charge in [0.15, 0.2) is 0 Å². The maximum atomic E-state index is 10.9. The molecular weight excluding hydrogens is 266 g/mol. The Bertz CT molecular complexity index is 579. The molecule has 0 aliphatic carbocycles. The lowest BCUT2D eigenvalue weighted by Gasteiger charge is -2.05. The quantitative estimate of drug-likeness (QED) is 0.662. The maximum absolute atomic E-state index is 10.9. The number of nitrogens with one attached hydrogen (secondary N) is 1. The normalized spacial score (nSPS) is 10.2. The van der Waals surface area contributed by atoms with Crippen LogP contribution in [0.4, 0.5) is 11.5 Å². The zero-order valence-corrected chi connectivity index (χ0v) is 10.9. The summed E-state index contributed by atoms with van der Waals surface area (Å²) in [7, 11) is 0. The van der Waals surface area contributed by atoms with E-state index >= 15 is 0 Å². The van der Waals surface area contributed by atoms with Crippen LogP contribution in [-0.2, 0) is 0 Å². The zero-order valence-electron chi connectivity index (χ0n) is 10.1. The summed E-state index contributed by atoms with van der Waals surface area (Å²) in [5.74, 6) is 0.475. The number of nitrogens with zero attached hydrogens (tertiary/aromatic N) is 4.